The van der Waals surface area contributed by atoms with Crippen LogP contribution in [0.3, 0.4) is 0 Å². The topological polar surface area (TPSA) is 34.0 Å². The van der Waals surface area contributed by atoms with Crippen LogP contribution in [0.5, 0.6) is 0 Å². The standard InChI is InChI=1S/C27H29FN2O/c1-20-7-4-8-21(15-20)17-29-27(31)14-6-10-23-19-30(26-13-3-2-12-25(23)26)18-22-9-5-11-24(28)16-22/h4-5,7-9,11-13,15-16,19H,2-3,6,10,14,17-18H2,1H3,(H,29,31). The van der Waals surface area contributed by atoms with E-state index in [1.54, 1.807) is 12.1 Å². The molecule has 0 saturated carbocycles. The van der Waals surface area contributed by atoms with Crippen LogP contribution < -0.4 is 15.9 Å². The van der Waals surface area contributed by atoms with Crippen LogP contribution in [0.2, 0.25) is 0 Å². The quantitative estimate of drug-likeness (QED) is 0.592. The molecule has 3 aromatic rings. The number of hydrogen-bond donors (Lipinski definition) is 1. The van der Waals surface area contributed by atoms with Gasteiger partial charge in [0.1, 0.15) is 5.82 Å². The Morgan fingerprint density at radius 2 is 1.87 bits per heavy atom. The third kappa shape index (κ3) is 5.52. The molecule has 4 rings (SSSR count). The number of nitrogens with one attached hydrogen (secondary N) is 1. The fourth-order valence-corrected chi connectivity index (χ4v) is 4.27. The average Bonchev–Trinajstić information content (AvgIpc) is 3.10. The molecule has 0 radical (unpaired) electrons. The molecule has 0 saturated heterocycles. The fourth-order valence-electron chi connectivity index (χ4n) is 4.27. The van der Waals surface area contributed by atoms with Crippen molar-refractivity contribution < 1.29 is 9.18 Å². The first-order valence-electron chi connectivity index (χ1n) is 11.0. The van der Waals surface area contributed by atoms with Crippen molar-refractivity contribution in [2.24, 2.45) is 0 Å². The molecule has 31 heavy (non-hydrogen) atoms. The number of aromatic nitrogens is 1. The summed E-state index contributed by atoms with van der Waals surface area (Å²) in [4.78, 5) is 12.3. The normalized spacial score (nSPS) is 12.6. The van der Waals surface area contributed by atoms with Gasteiger partial charge in [0.2, 0.25) is 5.91 Å². The van der Waals surface area contributed by atoms with Gasteiger partial charge in [0, 0.05) is 31.1 Å². The van der Waals surface area contributed by atoms with Crippen LogP contribution in [0.15, 0.2) is 54.7 Å². The smallest absolute Gasteiger partial charge is 0.220 e. The van der Waals surface area contributed by atoms with Crippen molar-refractivity contribution in [2.75, 3.05) is 0 Å². The Bertz CT molecular complexity index is 1190. The Morgan fingerprint density at radius 3 is 2.71 bits per heavy atom. The summed E-state index contributed by atoms with van der Waals surface area (Å²) in [5.74, 6) is -0.115. The van der Waals surface area contributed by atoms with Crippen LogP contribution >= 0.6 is 0 Å². The summed E-state index contributed by atoms with van der Waals surface area (Å²) in [5.41, 5.74) is 4.56. The van der Waals surface area contributed by atoms with Crippen molar-refractivity contribution in [1.82, 2.24) is 9.88 Å². The number of aryl methyl sites for hydroxylation is 2. The maximum Gasteiger partial charge on any atom is 0.220 e. The number of amides is 1. The lowest BCUT2D eigenvalue weighted by Crippen LogP contribution is -2.32. The number of hydrogen-bond acceptors (Lipinski definition) is 1. The second-order valence-electron chi connectivity index (χ2n) is 8.32. The van der Waals surface area contributed by atoms with Crippen LogP contribution in [0.4, 0.5) is 4.39 Å². The van der Waals surface area contributed by atoms with Crippen molar-refractivity contribution >= 4 is 18.1 Å². The van der Waals surface area contributed by atoms with Crippen molar-refractivity contribution in [3.05, 3.63) is 93.4 Å². The number of rotatable bonds is 8. The molecule has 1 N–H and O–H groups in total. The molecule has 1 aromatic heterocycles. The second kappa shape index (κ2) is 9.78. The second-order valence-corrected chi connectivity index (χ2v) is 8.32. The lowest BCUT2D eigenvalue weighted by Gasteiger charge is -2.06. The lowest BCUT2D eigenvalue weighted by molar-refractivity contribution is -0.121. The summed E-state index contributed by atoms with van der Waals surface area (Å²) >= 11 is 0. The molecule has 0 bridgehead atoms. The van der Waals surface area contributed by atoms with E-state index >= 15 is 0 Å². The number of benzene rings is 2. The highest BCUT2D eigenvalue weighted by Crippen LogP contribution is 2.09. The minimum atomic E-state index is -0.203. The molecular weight excluding hydrogens is 387 g/mol. The third-order valence-electron chi connectivity index (χ3n) is 5.76. The van der Waals surface area contributed by atoms with Gasteiger partial charge in [-0.1, -0.05) is 54.1 Å². The maximum atomic E-state index is 13.6. The lowest BCUT2D eigenvalue weighted by atomic mass is 10.1. The highest BCUT2D eigenvalue weighted by Gasteiger charge is 2.10. The first-order valence-corrected chi connectivity index (χ1v) is 11.0. The Kier molecular flexibility index (Phi) is 6.66. The number of carbonyl (C=O) groups excluding carboxylic acids is 1. The average molecular weight is 417 g/mol. The van der Waals surface area contributed by atoms with Crippen molar-refractivity contribution in [3.63, 3.8) is 0 Å². The Labute approximate surface area is 182 Å². The molecule has 1 heterocycles. The molecule has 0 aliphatic heterocycles. The Morgan fingerprint density at radius 1 is 1.06 bits per heavy atom. The Hall–Kier alpha value is -3.14. The Balaban J connectivity index is 1.37. The minimum absolute atomic E-state index is 0.0881. The maximum absolute atomic E-state index is 13.6. The molecular formula is C27H29FN2O. The van der Waals surface area contributed by atoms with Crippen LogP contribution in [0.25, 0.3) is 12.2 Å². The van der Waals surface area contributed by atoms with Gasteiger partial charge >= 0.3 is 0 Å². The zero-order valence-electron chi connectivity index (χ0n) is 18.0. The SMILES string of the molecule is Cc1cccc(CNC(=O)CCCc2cn(Cc3cccc(F)c3)c3c2=CCCC=3)c1. The van der Waals surface area contributed by atoms with Crippen molar-refractivity contribution in [1.29, 1.82) is 0 Å². The summed E-state index contributed by atoms with van der Waals surface area (Å²) in [6.45, 7) is 3.28. The number of carbonyl (C=O) groups is 1. The predicted molar refractivity (Wildman–Crippen MR) is 123 cm³/mol. The number of halogens is 1. The number of fused-ring (bicyclic) bond motifs is 1. The van der Waals surface area contributed by atoms with Gasteiger partial charge < -0.3 is 9.88 Å². The predicted octanol–water partition coefficient (Wildman–Crippen LogP) is 3.98. The minimum Gasteiger partial charge on any atom is -0.352 e. The molecule has 0 spiro atoms. The van der Waals surface area contributed by atoms with E-state index in [2.05, 4.69) is 47.3 Å². The first kappa shape index (κ1) is 21.1. The third-order valence-corrected chi connectivity index (χ3v) is 5.76. The molecule has 0 atom stereocenters. The van der Waals surface area contributed by atoms with Gasteiger partial charge in [0.05, 0.1) is 0 Å². The van der Waals surface area contributed by atoms with Gasteiger partial charge in [-0.3, -0.25) is 4.79 Å². The first-order chi connectivity index (χ1) is 15.1. The van der Waals surface area contributed by atoms with Gasteiger partial charge in [-0.05, 0) is 66.6 Å². The van der Waals surface area contributed by atoms with Crippen LogP contribution in [-0.4, -0.2) is 10.5 Å². The number of nitrogens with zero attached hydrogens (tertiary/aromatic N) is 1. The monoisotopic (exact) mass is 416 g/mol. The summed E-state index contributed by atoms with van der Waals surface area (Å²) in [6, 6.07) is 15.0. The van der Waals surface area contributed by atoms with Crippen molar-refractivity contribution in [3.8, 4) is 0 Å². The van der Waals surface area contributed by atoms with E-state index in [1.807, 2.05) is 18.2 Å². The molecule has 1 amide bonds. The van der Waals surface area contributed by atoms with Gasteiger partial charge in [0.25, 0.3) is 0 Å². The molecule has 4 heteroatoms. The van der Waals surface area contributed by atoms with Crippen molar-refractivity contribution in [2.45, 2.75) is 52.1 Å². The van der Waals surface area contributed by atoms with E-state index in [1.165, 1.54) is 27.8 Å². The molecule has 160 valence electrons. The van der Waals surface area contributed by atoms with E-state index in [9.17, 15) is 9.18 Å². The van der Waals surface area contributed by atoms with Gasteiger partial charge in [-0.2, -0.15) is 0 Å². The van der Waals surface area contributed by atoms with E-state index in [0.717, 1.165) is 36.8 Å². The van der Waals surface area contributed by atoms with Gasteiger partial charge in [-0.25, -0.2) is 4.39 Å². The molecule has 2 aromatic carbocycles. The molecule has 0 unspecified atom stereocenters. The zero-order valence-corrected chi connectivity index (χ0v) is 18.0. The highest BCUT2D eigenvalue weighted by atomic mass is 19.1. The van der Waals surface area contributed by atoms with Crippen LogP contribution in [0.1, 0.15) is 47.9 Å². The molecule has 3 nitrogen and oxygen atoms in total. The van der Waals surface area contributed by atoms with Gasteiger partial charge in [-0.15, -0.1) is 0 Å². The zero-order chi connectivity index (χ0) is 21.6. The largest absolute Gasteiger partial charge is 0.352 e. The van der Waals surface area contributed by atoms with E-state index in [4.69, 9.17) is 0 Å². The molecule has 1 aliphatic rings. The van der Waals surface area contributed by atoms with E-state index < -0.39 is 0 Å². The van der Waals surface area contributed by atoms with Crippen LogP contribution in [-0.2, 0) is 24.3 Å². The summed E-state index contributed by atoms with van der Waals surface area (Å²) < 4.78 is 15.8. The summed E-state index contributed by atoms with van der Waals surface area (Å²) in [5, 5.41) is 5.52. The summed E-state index contributed by atoms with van der Waals surface area (Å²) in [7, 11) is 0. The van der Waals surface area contributed by atoms with E-state index in [-0.39, 0.29) is 11.7 Å². The fraction of sp³-hybridized carbons (Fsp3) is 0.296. The van der Waals surface area contributed by atoms with Crippen LogP contribution in [0, 0.1) is 12.7 Å². The van der Waals surface area contributed by atoms with Gasteiger partial charge in [0.15, 0.2) is 0 Å². The highest BCUT2D eigenvalue weighted by molar-refractivity contribution is 5.75. The van der Waals surface area contributed by atoms with E-state index in [0.29, 0.717) is 19.5 Å². The molecule has 1 aliphatic carbocycles. The summed E-state index contributed by atoms with van der Waals surface area (Å²) in [6.07, 6.45) is 11.0. The molecule has 0 fully saturated rings.